The maximum absolute atomic E-state index is 13.5. The summed E-state index contributed by atoms with van der Waals surface area (Å²) >= 11 is 1.32. The van der Waals surface area contributed by atoms with Crippen LogP contribution in [0.4, 0.5) is 9.52 Å². The molecule has 2 heterocycles. The quantitative estimate of drug-likeness (QED) is 0.181. The fourth-order valence-corrected chi connectivity index (χ4v) is 5.71. The first-order valence-electron chi connectivity index (χ1n) is 12.0. The van der Waals surface area contributed by atoms with Gasteiger partial charge in [-0.1, -0.05) is 36.5 Å². The molecule has 1 unspecified atom stereocenters. The first-order chi connectivity index (χ1) is 17.8. The maximum atomic E-state index is 13.5. The van der Waals surface area contributed by atoms with Crippen LogP contribution < -0.4 is 9.64 Å². The highest BCUT2D eigenvalue weighted by molar-refractivity contribution is 7.22. The Balaban J connectivity index is 1.68. The van der Waals surface area contributed by atoms with E-state index in [1.165, 1.54) is 40.5 Å². The van der Waals surface area contributed by atoms with Gasteiger partial charge in [0, 0.05) is 5.56 Å². The third kappa shape index (κ3) is 4.49. The molecule has 1 fully saturated rings. The molecule has 37 heavy (non-hydrogen) atoms. The molecule has 1 N–H and O–H groups in total. The normalized spacial score (nSPS) is 17.1. The summed E-state index contributed by atoms with van der Waals surface area (Å²) in [6, 6.07) is 15.3. The second kappa shape index (κ2) is 9.78. The van der Waals surface area contributed by atoms with E-state index in [1.807, 2.05) is 32.9 Å². The van der Waals surface area contributed by atoms with Gasteiger partial charge in [-0.15, -0.1) is 0 Å². The molecule has 8 heteroatoms. The molecular weight excluding hydrogens is 491 g/mol. The minimum atomic E-state index is -0.924. The number of ether oxygens (including phenoxy) is 1. The fraction of sp³-hybridized carbons (Fsp3) is 0.207. The van der Waals surface area contributed by atoms with Crippen molar-refractivity contribution in [2.75, 3.05) is 11.5 Å². The third-order valence-corrected chi connectivity index (χ3v) is 7.26. The zero-order valence-corrected chi connectivity index (χ0v) is 21.4. The number of aromatic nitrogens is 1. The van der Waals surface area contributed by atoms with E-state index in [0.717, 1.165) is 27.8 Å². The largest absolute Gasteiger partial charge is 0.507 e. The van der Waals surface area contributed by atoms with E-state index in [1.54, 1.807) is 24.3 Å². The van der Waals surface area contributed by atoms with Crippen molar-refractivity contribution in [3.8, 4) is 5.75 Å². The van der Waals surface area contributed by atoms with E-state index in [9.17, 15) is 19.1 Å². The number of anilines is 1. The second-order valence-electron chi connectivity index (χ2n) is 9.02. The number of hydrogen-bond acceptors (Lipinski definition) is 6. The Labute approximate surface area is 217 Å². The Morgan fingerprint density at radius 1 is 1.08 bits per heavy atom. The number of carbonyl (C=O) groups excluding carboxylic acids is 2. The molecule has 3 aromatic carbocycles. The number of aliphatic hydroxyl groups is 1. The molecule has 0 bridgehead atoms. The molecular formula is C29H25FN2O4S. The Morgan fingerprint density at radius 3 is 2.46 bits per heavy atom. The van der Waals surface area contributed by atoms with Gasteiger partial charge < -0.3 is 9.84 Å². The lowest BCUT2D eigenvalue weighted by Gasteiger charge is -2.23. The first-order valence-corrected chi connectivity index (χ1v) is 12.8. The predicted octanol–water partition coefficient (Wildman–Crippen LogP) is 6.47. The van der Waals surface area contributed by atoms with Crippen LogP contribution in [0.15, 0.2) is 66.2 Å². The molecule has 4 aromatic rings. The van der Waals surface area contributed by atoms with E-state index in [0.29, 0.717) is 23.1 Å². The van der Waals surface area contributed by atoms with Crippen LogP contribution in [0.2, 0.25) is 0 Å². The van der Waals surface area contributed by atoms with Crippen molar-refractivity contribution in [3.63, 3.8) is 0 Å². The standard InChI is InChI=1S/C29H25FN2O4S/c1-4-13-36-21-11-7-18(8-12-21)25-23(26(33)19-5-9-20(30)10-6-19)27(34)28(35)32(25)29-31-24-17(3)14-16(2)15-22(24)37-29/h5-12,14-15,25,33H,4,13H2,1-3H3/b26-23+. The van der Waals surface area contributed by atoms with Crippen molar-refractivity contribution < 1.29 is 23.8 Å². The average Bonchev–Trinajstić information content (AvgIpc) is 3.41. The highest BCUT2D eigenvalue weighted by Crippen LogP contribution is 2.45. The van der Waals surface area contributed by atoms with Gasteiger partial charge in [0.25, 0.3) is 5.78 Å². The van der Waals surface area contributed by atoms with E-state index in [4.69, 9.17) is 9.72 Å². The van der Waals surface area contributed by atoms with Gasteiger partial charge in [-0.3, -0.25) is 14.5 Å². The number of aryl methyl sites for hydroxylation is 2. The van der Waals surface area contributed by atoms with Crippen LogP contribution in [0.25, 0.3) is 16.0 Å². The highest BCUT2D eigenvalue weighted by atomic mass is 32.1. The highest BCUT2D eigenvalue weighted by Gasteiger charge is 2.48. The molecule has 5 rings (SSSR count). The fourth-order valence-electron chi connectivity index (χ4n) is 4.54. The minimum absolute atomic E-state index is 0.0778. The predicted molar refractivity (Wildman–Crippen MR) is 143 cm³/mol. The number of thiazole rings is 1. The summed E-state index contributed by atoms with van der Waals surface area (Å²) < 4.78 is 20.1. The Hall–Kier alpha value is -4.04. The molecule has 0 spiro atoms. The SMILES string of the molecule is CCCOc1ccc(C2/C(=C(\O)c3ccc(F)cc3)C(=O)C(=O)N2c2nc3c(C)cc(C)cc3s2)cc1. The van der Waals surface area contributed by atoms with Gasteiger partial charge in [-0.25, -0.2) is 9.37 Å². The van der Waals surface area contributed by atoms with E-state index < -0.39 is 23.5 Å². The van der Waals surface area contributed by atoms with Gasteiger partial charge in [0.2, 0.25) is 0 Å². The number of benzene rings is 3. The van der Waals surface area contributed by atoms with Gasteiger partial charge in [-0.05, 0) is 79.4 Å². The summed E-state index contributed by atoms with van der Waals surface area (Å²) in [5.41, 5.74) is 3.56. The Morgan fingerprint density at radius 2 is 1.78 bits per heavy atom. The van der Waals surface area contributed by atoms with Crippen LogP contribution in [0.1, 0.15) is 41.6 Å². The smallest absolute Gasteiger partial charge is 0.301 e. The molecule has 1 atom stereocenters. The number of fused-ring (bicyclic) bond motifs is 1. The number of ketones is 1. The van der Waals surface area contributed by atoms with Gasteiger partial charge in [-0.2, -0.15) is 0 Å². The summed E-state index contributed by atoms with van der Waals surface area (Å²) in [4.78, 5) is 32.9. The first kappa shape index (κ1) is 24.6. The number of rotatable bonds is 6. The molecule has 1 aromatic heterocycles. The Bertz CT molecular complexity index is 1540. The van der Waals surface area contributed by atoms with Crippen molar-refractivity contribution in [1.29, 1.82) is 0 Å². The van der Waals surface area contributed by atoms with Crippen molar-refractivity contribution in [2.45, 2.75) is 33.2 Å². The molecule has 1 amide bonds. The van der Waals surface area contributed by atoms with Crippen molar-refractivity contribution >= 4 is 44.1 Å². The van der Waals surface area contributed by atoms with Crippen LogP contribution in [-0.4, -0.2) is 28.4 Å². The minimum Gasteiger partial charge on any atom is -0.507 e. The van der Waals surface area contributed by atoms with Gasteiger partial charge in [0.05, 0.1) is 28.4 Å². The Kier molecular flexibility index (Phi) is 6.52. The molecule has 6 nitrogen and oxygen atoms in total. The zero-order valence-electron chi connectivity index (χ0n) is 20.6. The maximum Gasteiger partial charge on any atom is 0.301 e. The molecule has 0 aliphatic carbocycles. The van der Waals surface area contributed by atoms with Gasteiger partial charge in [0.15, 0.2) is 5.13 Å². The number of nitrogens with zero attached hydrogens (tertiary/aromatic N) is 2. The van der Waals surface area contributed by atoms with E-state index in [2.05, 4.69) is 0 Å². The van der Waals surface area contributed by atoms with Crippen LogP contribution in [0.5, 0.6) is 5.75 Å². The second-order valence-corrected chi connectivity index (χ2v) is 10.0. The van der Waals surface area contributed by atoms with E-state index in [-0.39, 0.29) is 16.9 Å². The lowest BCUT2D eigenvalue weighted by atomic mass is 9.95. The summed E-state index contributed by atoms with van der Waals surface area (Å²) in [7, 11) is 0. The average molecular weight is 517 g/mol. The molecule has 1 aliphatic heterocycles. The molecule has 0 radical (unpaired) electrons. The lowest BCUT2D eigenvalue weighted by Crippen LogP contribution is -2.29. The zero-order chi connectivity index (χ0) is 26.3. The summed E-state index contributed by atoms with van der Waals surface area (Å²) in [5, 5.41) is 11.6. The number of hydrogen-bond donors (Lipinski definition) is 1. The summed E-state index contributed by atoms with van der Waals surface area (Å²) in [5.74, 6) is -1.80. The lowest BCUT2D eigenvalue weighted by molar-refractivity contribution is -0.132. The van der Waals surface area contributed by atoms with Crippen molar-refractivity contribution in [2.24, 2.45) is 0 Å². The van der Waals surface area contributed by atoms with Crippen LogP contribution >= 0.6 is 11.3 Å². The van der Waals surface area contributed by atoms with Crippen LogP contribution in [0.3, 0.4) is 0 Å². The van der Waals surface area contributed by atoms with Gasteiger partial charge in [0.1, 0.15) is 17.3 Å². The number of halogens is 1. The molecule has 188 valence electrons. The van der Waals surface area contributed by atoms with Crippen molar-refractivity contribution in [3.05, 3.63) is 94.3 Å². The molecule has 1 saturated heterocycles. The third-order valence-electron chi connectivity index (χ3n) is 6.26. The van der Waals surface area contributed by atoms with Crippen LogP contribution in [-0.2, 0) is 9.59 Å². The summed E-state index contributed by atoms with van der Waals surface area (Å²) in [6.07, 6.45) is 0.857. The molecule has 0 saturated carbocycles. The topological polar surface area (TPSA) is 79.7 Å². The van der Waals surface area contributed by atoms with Gasteiger partial charge >= 0.3 is 5.91 Å². The van der Waals surface area contributed by atoms with E-state index >= 15 is 0 Å². The number of carbonyl (C=O) groups is 2. The monoisotopic (exact) mass is 516 g/mol. The number of aliphatic hydroxyl groups excluding tert-OH is 1. The van der Waals surface area contributed by atoms with Crippen molar-refractivity contribution in [1.82, 2.24) is 4.98 Å². The number of amides is 1. The summed E-state index contributed by atoms with van der Waals surface area (Å²) in [6.45, 7) is 6.52. The molecule has 1 aliphatic rings. The number of Topliss-reactive ketones (excluding diaryl/α,β-unsaturated/α-hetero) is 1. The van der Waals surface area contributed by atoms with Crippen LogP contribution in [0, 0.1) is 19.7 Å².